The molecule has 2 aromatic rings. The van der Waals surface area contributed by atoms with Gasteiger partial charge in [-0.1, -0.05) is 30.3 Å². The molecule has 2 saturated heterocycles. The summed E-state index contributed by atoms with van der Waals surface area (Å²) in [4.78, 5) is 15.9. The van der Waals surface area contributed by atoms with Gasteiger partial charge in [0.25, 0.3) is 5.91 Å². The summed E-state index contributed by atoms with van der Waals surface area (Å²) in [5.41, 5.74) is 2.08. The van der Waals surface area contributed by atoms with Gasteiger partial charge in [0.2, 0.25) is 0 Å². The van der Waals surface area contributed by atoms with E-state index in [4.69, 9.17) is 4.74 Å². The van der Waals surface area contributed by atoms with E-state index < -0.39 is 0 Å². The lowest BCUT2D eigenvalue weighted by Crippen LogP contribution is -2.50. The van der Waals surface area contributed by atoms with Crippen LogP contribution in [0.25, 0.3) is 11.1 Å². The molecule has 2 atom stereocenters. The number of benzene rings is 1. The zero-order valence-electron chi connectivity index (χ0n) is 13.6. The third-order valence-corrected chi connectivity index (χ3v) is 5.82. The van der Waals surface area contributed by atoms with Crippen LogP contribution in [0, 0.1) is 0 Å². The molecule has 24 heavy (non-hydrogen) atoms. The van der Waals surface area contributed by atoms with Crippen molar-refractivity contribution in [2.24, 2.45) is 0 Å². The molecule has 126 valence electrons. The van der Waals surface area contributed by atoms with E-state index in [0.717, 1.165) is 29.2 Å². The predicted molar refractivity (Wildman–Crippen MR) is 96.4 cm³/mol. The van der Waals surface area contributed by atoms with Gasteiger partial charge in [-0.3, -0.25) is 9.69 Å². The topological polar surface area (TPSA) is 41.6 Å². The number of ether oxygens (including phenoxy) is 1. The summed E-state index contributed by atoms with van der Waals surface area (Å²) in [7, 11) is 0. The fourth-order valence-electron chi connectivity index (χ4n) is 3.63. The Bertz CT molecular complexity index is 700. The minimum Gasteiger partial charge on any atom is -0.373 e. The summed E-state index contributed by atoms with van der Waals surface area (Å²) in [6.07, 6.45) is 2.61. The first-order chi connectivity index (χ1) is 11.8. The second-order valence-electron chi connectivity index (χ2n) is 6.49. The van der Waals surface area contributed by atoms with Gasteiger partial charge in [0.15, 0.2) is 0 Å². The second-order valence-corrected chi connectivity index (χ2v) is 7.40. The van der Waals surface area contributed by atoms with Gasteiger partial charge in [-0.05, 0) is 36.4 Å². The maximum Gasteiger partial charge on any atom is 0.262 e. The Labute approximate surface area is 146 Å². The molecule has 1 amide bonds. The lowest BCUT2D eigenvalue weighted by Gasteiger charge is -2.35. The van der Waals surface area contributed by atoms with Crippen LogP contribution in [0.5, 0.6) is 0 Å². The van der Waals surface area contributed by atoms with Crippen molar-refractivity contribution in [2.75, 3.05) is 26.2 Å². The molecule has 5 heteroatoms. The van der Waals surface area contributed by atoms with E-state index in [0.29, 0.717) is 12.6 Å². The Hall–Kier alpha value is -1.69. The highest BCUT2D eigenvalue weighted by molar-refractivity contribution is 7.12. The highest BCUT2D eigenvalue weighted by Crippen LogP contribution is 2.28. The Kier molecular flexibility index (Phi) is 4.65. The van der Waals surface area contributed by atoms with E-state index in [1.165, 1.54) is 30.7 Å². The highest BCUT2D eigenvalue weighted by Gasteiger charge is 2.32. The van der Waals surface area contributed by atoms with Crippen molar-refractivity contribution in [1.29, 1.82) is 0 Å². The first-order valence-corrected chi connectivity index (χ1v) is 9.46. The lowest BCUT2D eigenvalue weighted by atomic mass is 10.1. The molecule has 2 aliphatic heterocycles. The van der Waals surface area contributed by atoms with Gasteiger partial charge in [0.1, 0.15) is 0 Å². The molecular weight excluding hydrogens is 320 g/mol. The van der Waals surface area contributed by atoms with Crippen molar-refractivity contribution in [1.82, 2.24) is 10.2 Å². The number of hydrogen-bond donors (Lipinski definition) is 1. The third-order valence-electron chi connectivity index (χ3n) is 4.91. The molecule has 2 fully saturated rings. The number of thiophene rings is 1. The molecular formula is C19H22N2O2S. The van der Waals surface area contributed by atoms with Crippen LogP contribution in [0.15, 0.2) is 41.8 Å². The number of rotatable bonds is 4. The molecule has 1 aromatic heterocycles. The van der Waals surface area contributed by atoms with Crippen LogP contribution in [-0.4, -0.2) is 49.2 Å². The molecule has 2 unspecified atom stereocenters. The number of hydrogen-bond acceptors (Lipinski definition) is 4. The average Bonchev–Trinajstić information content (AvgIpc) is 3.29. The van der Waals surface area contributed by atoms with Gasteiger partial charge in [0.05, 0.1) is 17.6 Å². The molecule has 0 spiro atoms. The van der Waals surface area contributed by atoms with E-state index in [9.17, 15) is 4.79 Å². The van der Waals surface area contributed by atoms with Crippen LogP contribution < -0.4 is 5.32 Å². The summed E-state index contributed by atoms with van der Waals surface area (Å²) in [5, 5.41) is 5.04. The van der Waals surface area contributed by atoms with Crippen LogP contribution in [0.4, 0.5) is 0 Å². The highest BCUT2D eigenvalue weighted by atomic mass is 32.1. The Morgan fingerprint density at radius 3 is 3.04 bits per heavy atom. The van der Waals surface area contributed by atoms with E-state index in [2.05, 4.69) is 10.2 Å². The van der Waals surface area contributed by atoms with Crippen LogP contribution in [0.2, 0.25) is 0 Å². The fraction of sp³-hybridized carbons (Fsp3) is 0.421. The SMILES string of the molecule is O=C(NCC1CN2CCCC2CO1)c1sccc1-c1ccccc1. The molecule has 2 aliphatic rings. The molecule has 3 heterocycles. The van der Waals surface area contributed by atoms with E-state index in [-0.39, 0.29) is 12.0 Å². The van der Waals surface area contributed by atoms with Gasteiger partial charge < -0.3 is 10.1 Å². The first-order valence-electron chi connectivity index (χ1n) is 8.58. The normalized spacial score (nSPS) is 23.8. The second kappa shape index (κ2) is 7.05. The van der Waals surface area contributed by atoms with Gasteiger partial charge in [-0.25, -0.2) is 0 Å². The number of morpholine rings is 1. The molecule has 0 aliphatic carbocycles. The molecule has 1 aromatic carbocycles. The van der Waals surface area contributed by atoms with Crippen LogP contribution >= 0.6 is 11.3 Å². The summed E-state index contributed by atoms with van der Waals surface area (Å²) < 4.78 is 5.92. The average molecular weight is 342 g/mol. The van der Waals surface area contributed by atoms with Crippen LogP contribution in [0.3, 0.4) is 0 Å². The van der Waals surface area contributed by atoms with Gasteiger partial charge >= 0.3 is 0 Å². The van der Waals surface area contributed by atoms with Crippen LogP contribution in [-0.2, 0) is 4.74 Å². The quantitative estimate of drug-likeness (QED) is 0.929. The minimum atomic E-state index is -0.00371. The first kappa shape index (κ1) is 15.8. The van der Waals surface area contributed by atoms with Gasteiger partial charge in [-0.15, -0.1) is 11.3 Å². The van der Waals surface area contributed by atoms with Gasteiger partial charge in [0, 0.05) is 24.7 Å². The summed E-state index contributed by atoms with van der Waals surface area (Å²) >= 11 is 1.49. The molecule has 0 bridgehead atoms. The Morgan fingerprint density at radius 2 is 2.17 bits per heavy atom. The summed E-state index contributed by atoms with van der Waals surface area (Å²) in [5.74, 6) is -0.00371. The van der Waals surface area contributed by atoms with Crippen molar-refractivity contribution in [3.63, 3.8) is 0 Å². The molecule has 4 nitrogen and oxygen atoms in total. The molecule has 1 N–H and O–H groups in total. The standard InChI is InChI=1S/C19H22N2O2S/c22-19(18-17(8-10-24-18)14-5-2-1-3-6-14)20-11-16-12-21-9-4-7-15(21)13-23-16/h1-3,5-6,8,10,15-16H,4,7,9,11-13H2,(H,20,22). The molecule has 4 rings (SSSR count). The van der Waals surface area contributed by atoms with Crippen molar-refractivity contribution in [2.45, 2.75) is 25.0 Å². The van der Waals surface area contributed by atoms with Crippen molar-refractivity contribution >= 4 is 17.2 Å². The number of carbonyl (C=O) groups excluding carboxylic acids is 1. The lowest BCUT2D eigenvalue weighted by molar-refractivity contribution is -0.0461. The van der Waals surface area contributed by atoms with E-state index in [1.54, 1.807) is 0 Å². The Morgan fingerprint density at radius 1 is 1.29 bits per heavy atom. The fourth-order valence-corrected chi connectivity index (χ4v) is 4.46. The zero-order valence-corrected chi connectivity index (χ0v) is 14.4. The van der Waals surface area contributed by atoms with Gasteiger partial charge in [-0.2, -0.15) is 0 Å². The minimum absolute atomic E-state index is 0.00371. The van der Waals surface area contributed by atoms with E-state index in [1.807, 2.05) is 41.8 Å². The van der Waals surface area contributed by atoms with Crippen molar-refractivity contribution in [3.8, 4) is 11.1 Å². The molecule has 0 saturated carbocycles. The number of amides is 1. The number of carbonyl (C=O) groups is 1. The molecule has 0 radical (unpaired) electrons. The predicted octanol–water partition coefficient (Wildman–Crippen LogP) is 3.01. The monoisotopic (exact) mass is 342 g/mol. The van der Waals surface area contributed by atoms with E-state index >= 15 is 0 Å². The maximum absolute atomic E-state index is 12.6. The Balaban J connectivity index is 1.38. The largest absolute Gasteiger partial charge is 0.373 e. The third kappa shape index (κ3) is 3.24. The number of nitrogens with one attached hydrogen (secondary N) is 1. The summed E-state index contributed by atoms with van der Waals surface area (Å²) in [6, 6.07) is 12.7. The number of fused-ring (bicyclic) bond motifs is 1. The zero-order chi connectivity index (χ0) is 16.4. The maximum atomic E-state index is 12.6. The van der Waals surface area contributed by atoms with Crippen LogP contribution in [0.1, 0.15) is 22.5 Å². The van der Waals surface area contributed by atoms with Crippen molar-refractivity contribution < 1.29 is 9.53 Å². The smallest absolute Gasteiger partial charge is 0.262 e. The number of nitrogens with zero attached hydrogens (tertiary/aromatic N) is 1. The van der Waals surface area contributed by atoms with Crippen molar-refractivity contribution in [3.05, 3.63) is 46.7 Å². The summed E-state index contributed by atoms with van der Waals surface area (Å²) in [6.45, 7) is 3.48.